The van der Waals surface area contributed by atoms with Gasteiger partial charge < -0.3 is 5.32 Å². The molecule has 0 radical (unpaired) electrons. The van der Waals surface area contributed by atoms with E-state index in [0.29, 0.717) is 22.9 Å². The summed E-state index contributed by atoms with van der Waals surface area (Å²) in [7, 11) is 0. The van der Waals surface area contributed by atoms with Crippen LogP contribution in [0, 0.1) is 6.92 Å². The third kappa shape index (κ3) is 5.07. The first-order valence-electron chi connectivity index (χ1n) is 8.05. The third-order valence-corrected chi connectivity index (χ3v) is 4.62. The highest BCUT2D eigenvalue weighted by Crippen LogP contribution is 2.30. The number of benzene rings is 2. The van der Waals surface area contributed by atoms with Crippen molar-refractivity contribution in [2.45, 2.75) is 19.6 Å². The maximum atomic E-state index is 12.7. The fraction of sp³-hybridized carbons (Fsp3) is 0.158. The van der Waals surface area contributed by atoms with Crippen LogP contribution in [0.1, 0.15) is 27.2 Å². The average Bonchev–Trinajstić information content (AvgIpc) is 3.04. The van der Waals surface area contributed by atoms with Crippen LogP contribution in [-0.2, 0) is 12.7 Å². The minimum absolute atomic E-state index is 0.262. The Balaban J connectivity index is 1.60. The van der Waals surface area contributed by atoms with Crippen LogP contribution in [0.2, 0.25) is 0 Å². The molecule has 0 aliphatic heterocycles. The average molecular weight is 391 g/mol. The number of halogens is 3. The lowest BCUT2D eigenvalue weighted by atomic mass is 10.1. The molecule has 0 atom stereocenters. The first-order chi connectivity index (χ1) is 12.8. The van der Waals surface area contributed by atoms with Crippen LogP contribution >= 0.6 is 11.3 Å². The Labute approximate surface area is 158 Å². The van der Waals surface area contributed by atoms with Gasteiger partial charge in [-0.3, -0.25) is 10.1 Å². The number of carbonyl (C=O) groups is 1. The molecule has 3 aromatic rings. The Morgan fingerprint density at radius 3 is 2.52 bits per heavy atom. The van der Waals surface area contributed by atoms with Crippen LogP contribution in [0.5, 0.6) is 0 Å². The molecule has 0 spiro atoms. The minimum Gasteiger partial charge on any atom is -0.381 e. The van der Waals surface area contributed by atoms with Crippen molar-refractivity contribution in [3.05, 3.63) is 76.3 Å². The molecule has 27 heavy (non-hydrogen) atoms. The highest BCUT2D eigenvalue weighted by atomic mass is 32.1. The van der Waals surface area contributed by atoms with Crippen molar-refractivity contribution < 1.29 is 18.0 Å². The number of hydrogen-bond acceptors (Lipinski definition) is 4. The van der Waals surface area contributed by atoms with Crippen LogP contribution in [0.25, 0.3) is 0 Å². The molecule has 0 unspecified atom stereocenters. The molecular weight excluding hydrogens is 375 g/mol. The monoisotopic (exact) mass is 391 g/mol. The molecular formula is C19H16F3N3OS. The van der Waals surface area contributed by atoms with Crippen LogP contribution in [-0.4, -0.2) is 10.9 Å². The summed E-state index contributed by atoms with van der Waals surface area (Å²) in [6.45, 7) is 2.19. The number of nitrogens with one attached hydrogen (secondary N) is 2. The molecule has 0 fully saturated rings. The number of amides is 1. The molecule has 1 heterocycles. The lowest BCUT2D eigenvalue weighted by Crippen LogP contribution is -2.12. The summed E-state index contributed by atoms with van der Waals surface area (Å²) in [5, 5.41) is 8.06. The number of carbonyl (C=O) groups excluding carboxylic acids is 1. The normalized spacial score (nSPS) is 11.3. The van der Waals surface area contributed by atoms with Crippen LogP contribution in [0.3, 0.4) is 0 Å². The lowest BCUT2D eigenvalue weighted by molar-refractivity contribution is -0.137. The molecule has 4 nitrogen and oxygen atoms in total. The van der Waals surface area contributed by atoms with Gasteiger partial charge in [0.2, 0.25) is 0 Å². The van der Waals surface area contributed by atoms with Gasteiger partial charge in [0.25, 0.3) is 5.91 Å². The van der Waals surface area contributed by atoms with E-state index in [0.717, 1.165) is 23.4 Å². The molecule has 1 amide bonds. The Hall–Kier alpha value is -2.87. The summed E-state index contributed by atoms with van der Waals surface area (Å²) in [4.78, 5) is 16.4. The van der Waals surface area contributed by atoms with Crippen molar-refractivity contribution in [3.8, 4) is 0 Å². The van der Waals surface area contributed by atoms with Crippen molar-refractivity contribution in [1.82, 2.24) is 4.98 Å². The summed E-state index contributed by atoms with van der Waals surface area (Å²) in [5.41, 5.74) is 1.84. The van der Waals surface area contributed by atoms with E-state index in [-0.39, 0.29) is 5.91 Å². The van der Waals surface area contributed by atoms with Crippen molar-refractivity contribution in [2.24, 2.45) is 0 Å². The summed E-state index contributed by atoms with van der Waals surface area (Å²) in [5.74, 6) is -0.262. The SMILES string of the molecule is Cc1csc(NC(=O)c2ccc(CNc3cccc(C(F)(F)F)c3)cc2)n1. The number of nitrogens with zero attached hydrogens (tertiary/aromatic N) is 1. The van der Waals surface area contributed by atoms with Crippen molar-refractivity contribution in [1.29, 1.82) is 0 Å². The Kier molecular flexibility index (Phi) is 5.46. The highest BCUT2D eigenvalue weighted by Gasteiger charge is 2.30. The van der Waals surface area contributed by atoms with Gasteiger partial charge in [-0.2, -0.15) is 13.2 Å². The molecule has 8 heteroatoms. The van der Waals surface area contributed by atoms with E-state index in [9.17, 15) is 18.0 Å². The van der Waals surface area contributed by atoms with Crippen molar-refractivity contribution in [3.63, 3.8) is 0 Å². The Morgan fingerprint density at radius 2 is 1.89 bits per heavy atom. The summed E-state index contributed by atoms with van der Waals surface area (Å²) < 4.78 is 38.2. The van der Waals surface area contributed by atoms with Gasteiger partial charge >= 0.3 is 6.18 Å². The number of aryl methyl sites for hydroxylation is 1. The molecule has 0 bridgehead atoms. The van der Waals surface area contributed by atoms with Crippen molar-refractivity contribution in [2.75, 3.05) is 10.6 Å². The molecule has 0 saturated carbocycles. The lowest BCUT2D eigenvalue weighted by Gasteiger charge is -2.11. The summed E-state index contributed by atoms with van der Waals surface area (Å²) in [6.07, 6.45) is -4.37. The standard InChI is InChI=1S/C19H16F3N3OS/c1-12-11-27-18(24-12)25-17(26)14-7-5-13(6-8-14)10-23-16-4-2-3-15(9-16)19(20,21)22/h2-9,11,23H,10H2,1H3,(H,24,25,26). The smallest absolute Gasteiger partial charge is 0.381 e. The van der Waals surface area contributed by atoms with E-state index < -0.39 is 11.7 Å². The van der Waals surface area contributed by atoms with E-state index in [1.165, 1.54) is 17.4 Å². The quantitative estimate of drug-likeness (QED) is 0.618. The Bertz CT molecular complexity index is 936. The largest absolute Gasteiger partial charge is 0.416 e. The van der Waals surface area contributed by atoms with Gasteiger partial charge in [-0.05, 0) is 42.8 Å². The number of thiazole rings is 1. The molecule has 140 valence electrons. The van der Waals surface area contributed by atoms with Gasteiger partial charge in [0.05, 0.1) is 11.3 Å². The van der Waals surface area contributed by atoms with Crippen LogP contribution in [0.4, 0.5) is 24.0 Å². The van der Waals surface area contributed by atoms with Crippen LogP contribution in [0.15, 0.2) is 53.9 Å². The molecule has 0 saturated heterocycles. The molecule has 0 aliphatic rings. The van der Waals surface area contributed by atoms with Gasteiger partial charge in [0.15, 0.2) is 5.13 Å². The van der Waals surface area contributed by atoms with Crippen LogP contribution < -0.4 is 10.6 Å². The Morgan fingerprint density at radius 1 is 1.15 bits per heavy atom. The van der Waals surface area contributed by atoms with Gasteiger partial charge in [-0.15, -0.1) is 11.3 Å². The molecule has 2 N–H and O–H groups in total. The molecule has 0 aliphatic carbocycles. The molecule has 1 aromatic heterocycles. The van der Waals surface area contributed by atoms with E-state index >= 15 is 0 Å². The first-order valence-corrected chi connectivity index (χ1v) is 8.93. The van der Waals surface area contributed by atoms with Gasteiger partial charge in [-0.25, -0.2) is 4.98 Å². The molecule has 2 aromatic carbocycles. The topological polar surface area (TPSA) is 54.0 Å². The van der Waals surface area contributed by atoms with Gasteiger partial charge in [-0.1, -0.05) is 18.2 Å². The van der Waals surface area contributed by atoms with Gasteiger partial charge in [0.1, 0.15) is 0 Å². The number of anilines is 2. The zero-order valence-electron chi connectivity index (χ0n) is 14.3. The van der Waals surface area contributed by atoms with E-state index in [4.69, 9.17) is 0 Å². The maximum Gasteiger partial charge on any atom is 0.416 e. The number of rotatable bonds is 5. The second-order valence-corrected chi connectivity index (χ2v) is 6.74. The minimum atomic E-state index is -4.37. The summed E-state index contributed by atoms with van der Waals surface area (Å²) >= 11 is 1.35. The predicted octanol–water partition coefficient (Wildman–Crippen LogP) is 5.33. The highest BCUT2D eigenvalue weighted by molar-refractivity contribution is 7.13. The van der Waals surface area contributed by atoms with Crippen molar-refractivity contribution >= 4 is 28.1 Å². The zero-order chi connectivity index (χ0) is 19.4. The zero-order valence-corrected chi connectivity index (χ0v) is 15.1. The van der Waals surface area contributed by atoms with E-state index in [1.54, 1.807) is 30.3 Å². The van der Waals surface area contributed by atoms with E-state index in [1.807, 2.05) is 12.3 Å². The predicted molar refractivity (Wildman–Crippen MR) is 100 cm³/mol. The first kappa shape index (κ1) is 18.9. The molecule has 3 rings (SSSR count). The van der Waals surface area contributed by atoms with E-state index in [2.05, 4.69) is 15.6 Å². The second-order valence-electron chi connectivity index (χ2n) is 5.88. The number of alkyl halides is 3. The third-order valence-electron chi connectivity index (χ3n) is 3.74. The summed E-state index contributed by atoms with van der Waals surface area (Å²) in [6, 6.07) is 11.9. The van der Waals surface area contributed by atoms with Gasteiger partial charge in [0, 0.05) is 23.2 Å². The second kappa shape index (κ2) is 7.79. The number of hydrogen-bond donors (Lipinski definition) is 2. The number of aromatic nitrogens is 1. The maximum absolute atomic E-state index is 12.7. The fourth-order valence-electron chi connectivity index (χ4n) is 2.36. The fourth-order valence-corrected chi connectivity index (χ4v) is 3.05.